The van der Waals surface area contributed by atoms with Crippen LogP contribution in [0.1, 0.15) is 30.0 Å². The van der Waals surface area contributed by atoms with E-state index in [4.69, 9.17) is 22.8 Å². The quantitative estimate of drug-likeness (QED) is 0.407. The summed E-state index contributed by atoms with van der Waals surface area (Å²) in [6.45, 7) is 2.09. The molecule has 0 aromatic heterocycles. The fraction of sp³-hybridized carbons (Fsp3) is 0.500. The van der Waals surface area contributed by atoms with E-state index in [1.807, 2.05) is 24.3 Å². The highest BCUT2D eigenvalue weighted by atomic mass is 31.2. The molecule has 0 fully saturated rings. The van der Waals surface area contributed by atoms with E-state index in [1.54, 1.807) is 7.11 Å². The highest BCUT2D eigenvalue weighted by Gasteiger charge is 2.28. The van der Waals surface area contributed by atoms with Gasteiger partial charge >= 0.3 is 15.2 Å². The van der Waals surface area contributed by atoms with Crippen molar-refractivity contribution in [2.24, 2.45) is 0 Å². The van der Waals surface area contributed by atoms with E-state index in [0.717, 1.165) is 46.1 Å². The van der Waals surface area contributed by atoms with Gasteiger partial charge < -0.3 is 22.8 Å². The van der Waals surface area contributed by atoms with E-state index in [0.29, 0.717) is 0 Å². The Morgan fingerprint density at radius 1 is 0.793 bits per heavy atom. The standard InChI is InChI=1S/C20H30O7P2/c1-7-9-15-12-17(14-29(22,26-5)27-6)19-16(13-28(21,24-3)25-4)10-8-11-18(19)20(15)23-2/h8,10-12H,7,9,13-14H2,1-6H3. The Morgan fingerprint density at radius 2 is 1.34 bits per heavy atom. The number of aryl methyl sites for hydroxylation is 1. The number of fused-ring (bicyclic) bond motifs is 1. The molecule has 0 N–H and O–H groups in total. The number of methoxy groups -OCH3 is 1. The van der Waals surface area contributed by atoms with Crippen molar-refractivity contribution in [3.63, 3.8) is 0 Å². The number of ether oxygens (including phenoxy) is 1. The minimum absolute atomic E-state index is 0.0743. The maximum Gasteiger partial charge on any atom is 0.334 e. The summed E-state index contributed by atoms with van der Waals surface area (Å²) in [6, 6.07) is 7.65. The van der Waals surface area contributed by atoms with Crippen LogP contribution in [-0.4, -0.2) is 35.5 Å². The molecule has 2 aromatic carbocycles. The highest BCUT2D eigenvalue weighted by molar-refractivity contribution is 7.53. The van der Waals surface area contributed by atoms with E-state index in [1.165, 1.54) is 28.4 Å². The number of hydrogen-bond acceptors (Lipinski definition) is 7. The molecule has 0 saturated carbocycles. The van der Waals surface area contributed by atoms with Crippen LogP contribution in [-0.2, 0) is 46.0 Å². The van der Waals surface area contributed by atoms with E-state index in [9.17, 15) is 9.13 Å². The molecule has 7 nitrogen and oxygen atoms in total. The monoisotopic (exact) mass is 444 g/mol. The number of benzene rings is 2. The van der Waals surface area contributed by atoms with Crippen LogP contribution in [0.4, 0.5) is 0 Å². The molecule has 162 valence electrons. The van der Waals surface area contributed by atoms with Crippen LogP contribution < -0.4 is 4.74 Å². The molecule has 0 saturated heterocycles. The first-order chi connectivity index (χ1) is 13.8. The summed E-state index contributed by atoms with van der Waals surface area (Å²) in [5, 5.41) is 1.65. The molecule has 0 bridgehead atoms. The van der Waals surface area contributed by atoms with Crippen molar-refractivity contribution in [3.05, 3.63) is 41.0 Å². The van der Waals surface area contributed by atoms with Gasteiger partial charge in [0, 0.05) is 33.8 Å². The molecular formula is C20H30O7P2. The fourth-order valence-corrected chi connectivity index (χ4v) is 5.63. The summed E-state index contributed by atoms with van der Waals surface area (Å²) >= 11 is 0. The van der Waals surface area contributed by atoms with E-state index in [2.05, 4.69) is 6.92 Å². The molecule has 0 radical (unpaired) electrons. The molecule has 29 heavy (non-hydrogen) atoms. The van der Waals surface area contributed by atoms with Crippen LogP contribution in [0.5, 0.6) is 5.75 Å². The van der Waals surface area contributed by atoms with E-state index in [-0.39, 0.29) is 12.3 Å². The van der Waals surface area contributed by atoms with E-state index >= 15 is 0 Å². The summed E-state index contributed by atoms with van der Waals surface area (Å²) in [7, 11) is 0.451. The molecule has 0 aliphatic carbocycles. The third-order valence-corrected chi connectivity index (χ3v) is 8.60. The second-order valence-corrected chi connectivity index (χ2v) is 11.1. The van der Waals surface area contributed by atoms with Crippen LogP contribution in [0.15, 0.2) is 24.3 Å². The zero-order valence-electron chi connectivity index (χ0n) is 17.9. The van der Waals surface area contributed by atoms with Gasteiger partial charge in [-0.05, 0) is 28.5 Å². The van der Waals surface area contributed by atoms with Gasteiger partial charge in [-0.1, -0.05) is 37.6 Å². The normalized spacial score (nSPS) is 12.5. The first-order valence-corrected chi connectivity index (χ1v) is 12.8. The van der Waals surface area contributed by atoms with Crippen LogP contribution in [0.3, 0.4) is 0 Å². The Hall–Kier alpha value is -1.20. The zero-order chi connectivity index (χ0) is 21.7. The first-order valence-electron chi connectivity index (χ1n) is 9.31. The predicted octanol–water partition coefficient (Wildman–Crippen LogP) is 5.77. The molecule has 0 amide bonds. The second-order valence-electron chi connectivity index (χ2n) is 6.59. The van der Waals surface area contributed by atoms with Gasteiger partial charge in [-0.2, -0.15) is 0 Å². The van der Waals surface area contributed by atoms with Gasteiger partial charge in [-0.15, -0.1) is 0 Å². The molecule has 2 aromatic rings. The maximum absolute atomic E-state index is 12.9. The molecule has 0 heterocycles. The maximum atomic E-state index is 12.9. The molecule has 0 spiro atoms. The lowest BCUT2D eigenvalue weighted by Gasteiger charge is -2.21. The van der Waals surface area contributed by atoms with Crippen molar-refractivity contribution in [1.82, 2.24) is 0 Å². The molecule has 0 unspecified atom stereocenters. The van der Waals surface area contributed by atoms with Gasteiger partial charge in [0.05, 0.1) is 19.4 Å². The van der Waals surface area contributed by atoms with Crippen molar-refractivity contribution in [1.29, 1.82) is 0 Å². The lowest BCUT2D eigenvalue weighted by Crippen LogP contribution is -2.03. The molecule has 0 aliphatic heterocycles. The highest BCUT2D eigenvalue weighted by Crippen LogP contribution is 2.54. The lowest BCUT2D eigenvalue weighted by molar-refractivity contribution is 0.274. The minimum atomic E-state index is -3.33. The van der Waals surface area contributed by atoms with Crippen molar-refractivity contribution < 1.29 is 32.0 Å². The van der Waals surface area contributed by atoms with Crippen molar-refractivity contribution >= 4 is 26.0 Å². The average Bonchev–Trinajstić information content (AvgIpc) is 2.73. The molecule has 0 aliphatic rings. The summed E-state index contributed by atoms with van der Waals surface area (Å²) in [4.78, 5) is 0. The Labute approximate surface area is 172 Å². The van der Waals surface area contributed by atoms with Crippen LogP contribution in [0, 0.1) is 0 Å². The van der Waals surface area contributed by atoms with Crippen LogP contribution in [0.2, 0.25) is 0 Å². The summed E-state index contributed by atoms with van der Waals surface area (Å²) in [5.74, 6) is 0.752. The Kier molecular flexibility index (Phi) is 8.48. The number of hydrogen-bond donors (Lipinski definition) is 0. The van der Waals surface area contributed by atoms with Gasteiger partial charge in [0.1, 0.15) is 5.75 Å². The average molecular weight is 444 g/mol. The molecule has 0 atom stereocenters. The molecular weight excluding hydrogens is 414 g/mol. The summed E-state index contributed by atoms with van der Waals surface area (Å²) < 4.78 is 52.1. The van der Waals surface area contributed by atoms with Gasteiger partial charge in [0.15, 0.2) is 0 Å². The van der Waals surface area contributed by atoms with Crippen LogP contribution in [0.25, 0.3) is 10.8 Å². The second kappa shape index (κ2) is 10.2. The first kappa shape index (κ1) is 24.1. The Morgan fingerprint density at radius 3 is 1.83 bits per heavy atom. The van der Waals surface area contributed by atoms with Crippen molar-refractivity contribution in [2.75, 3.05) is 35.5 Å². The smallest absolute Gasteiger partial charge is 0.334 e. The largest absolute Gasteiger partial charge is 0.496 e. The van der Waals surface area contributed by atoms with Gasteiger partial charge in [-0.3, -0.25) is 9.13 Å². The minimum Gasteiger partial charge on any atom is -0.496 e. The summed E-state index contributed by atoms with van der Waals surface area (Å²) in [6.07, 6.45) is 1.88. The Balaban J connectivity index is 2.82. The lowest BCUT2D eigenvalue weighted by atomic mass is 9.95. The van der Waals surface area contributed by atoms with Gasteiger partial charge in [-0.25, -0.2) is 0 Å². The third-order valence-electron chi connectivity index (χ3n) is 4.92. The molecule has 9 heteroatoms. The predicted molar refractivity (Wildman–Crippen MR) is 115 cm³/mol. The summed E-state index contributed by atoms with van der Waals surface area (Å²) in [5.41, 5.74) is 2.55. The van der Waals surface area contributed by atoms with E-state index < -0.39 is 15.2 Å². The number of rotatable bonds is 11. The van der Waals surface area contributed by atoms with Crippen molar-refractivity contribution in [2.45, 2.75) is 32.1 Å². The van der Waals surface area contributed by atoms with Gasteiger partial charge in [0.25, 0.3) is 0 Å². The topological polar surface area (TPSA) is 80.3 Å². The molecule has 2 rings (SSSR count). The van der Waals surface area contributed by atoms with Crippen molar-refractivity contribution in [3.8, 4) is 5.75 Å². The fourth-order valence-electron chi connectivity index (χ4n) is 3.47. The van der Waals surface area contributed by atoms with Gasteiger partial charge in [0.2, 0.25) is 0 Å². The zero-order valence-corrected chi connectivity index (χ0v) is 19.7. The Bertz CT molecular complexity index is 926. The SMILES string of the molecule is CCCc1cc(CP(=O)(OC)OC)c2c(CP(=O)(OC)OC)cccc2c1OC. The third kappa shape index (κ3) is 5.29. The van der Waals surface area contributed by atoms with Crippen LogP contribution >= 0.6 is 15.2 Å².